The second kappa shape index (κ2) is 5.23. The molecule has 0 saturated heterocycles. The van der Waals surface area contributed by atoms with Crippen molar-refractivity contribution in [2.45, 2.75) is 13.5 Å². The molecule has 1 aromatic heterocycles. The predicted molar refractivity (Wildman–Crippen MR) is 68.9 cm³/mol. The van der Waals surface area contributed by atoms with Gasteiger partial charge in [0.2, 0.25) is 0 Å². The molecule has 0 aliphatic carbocycles. The Morgan fingerprint density at radius 1 is 1.39 bits per heavy atom. The van der Waals surface area contributed by atoms with Crippen LogP contribution >= 0.6 is 11.6 Å². The van der Waals surface area contributed by atoms with Crippen LogP contribution in [0.25, 0.3) is 0 Å². The van der Waals surface area contributed by atoms with Crippen LogP contribution < -0.4 is 0 Å². The molecule has 5 heteroatoms. The molecule has 0 amide bonds. The Bertz CT molecular complexity index is 561. The molecule has 18 heavy (non-hydrogen) atoms. The van der Waals surface area contributed by atoms with Crippen LogP contribution in [0.5, 0.6) is 0 Å². The summed E-state index contributed by atoms with van der Waals surface area (Å²) in [6.07, 6.45) is 0. The van der Waals surface area contributed by atoms with Crippen LogP contribution in [-0.4, -0.2) is 22.9 Å². The summed E-state index contributed by atoms with van der Waals surface area (Å²) in [7, 11) is 1.36. The maximum absolute atomic E-state index is 11.6. The average molecular weight is 265 g/mol. The van der Waals surface area contributed by atoms with Crippen LogP contribution in [0.1, 0.15) is 21.7 Å². The van der Waals surface area contributed by atoms with Crippen LogP contribution in [0.4, 0.5) is 0 Å². The van der Waals surface area contributed by atoms with Crippen LogP contribution in [0.2, 0.25) is 5.02 Å². The molecule has 0 aliphatic heterocycles. The Hall–Kier alpha value is -1.81. The van der Waals surface area contributed by atoms with E-state index in [-0.39, 0.29) is 5.97 Å². The normalized spacial score (nSPS) is 10.4. The molecule has 2 aromatic rings. The highest BCUT2D eigenvalue weighted by atomic mass is 35.5. The average Bonchev–Trinajstić information content (AvgIpc) is 2.72. The molecule has 0 spiro atoms. The van der Waals surface area contributed by atoms with Gasteiger partial charge in [-0.15, -0.1) is 0 Å². The van der Waals surface area contributed by atoms with Crippen molar-refractivity contribution in [3.63, 3.8) is 0 Å². The van der Waals surface area contributed by atoms with Crippen molar-refractivity contribution < 1.29 is 9.53 Å². The van der Waals surface area contributed by atoms with Gasteiger partial charge in [-0.2, -0.15) is 5.10 Å². The maximum atomic E-state index is 11.6. The number of rotatable bonds is 3. The summed E-state index contributed by atoms with van der Waals surface area (Å²) in [5, 5.41) is 4.96. The summed E-state index contributed by atoms with van der Waals surface area (Å²) < 4.78 is 6.36. The van der Waals surface area contributed by atoms with Gasteiger partial charge in [-0.25, -0.2) is 4.79 Å². The fourth-order valence-electron chi connectivity index (χ4n) is 1.70. The van der Waals surface area contributed by atoms with E-state index in [0.29, 0.717) is 17.3 Å². The molecule has 0 N–H and O–H groups in total. The lowest BCUT2D eigenvalue weighted by Crippen LogP contribution is -2.12. The number of methoxy groups -OCH3 is 1. The summed E-state index contributed by atoms with van der Waals surface area (Å²) in [6, 6.07) is 9.14. The number of aryl methyl sites for hydroxylation is 1. The molecular weight excluding hydrogens is 252 g/mol. The zero-order valence-electron chi connectivity index (χ0n) is 10.2. The predicted octanol–water partition coefficient (Wildman–Crippen LogP) is 2.68. The Balaban J connectivity index is 2.28. The second-order valence-electron chi connectivity index (χ2n) is 3.95. The molecular formula is C13H13ClN2O2. The van der Waals surface area contributed by atoms with E-state index in [1.54, 1.807) is 10.7 Å². The highest BCUT2D eigenvalue weighted by molar-refractivity contribution is 6.30. The van der Waals surface area contributed by atoms with E-state index in [4.69, 9.17) is 16.3 Å². The Morgan fingerprint density at radius 2 is 2.06 bits per heavy atom. The third-order valence-corrected chi connectivity index (χ3v) is 2.79. The summed E-state index contributed by atoms with van der Waals surface area (Å²) in [6.45, 7) is 2.35. The van der Waals surface area contributed by atoms with E-state index in [9.17, 15) is 4.79 Å². The SMILES string of the molecule is COC(=O)c1cc(C)nn1Cc1ccc(Cl)cc1. The highest BCUT2D eigenvalue weighted by Gasteiger charge is 2.14. The number of hydrogen-bond acceptors (Lipinski definition) is 3. The van der Waals surface area contributed by atoms with Gasteiger partial charge in [0.1, 0.15) is 5.69 Å². The Morgan fingerprint density at radius 3 is 2.67 bits per heavy atom. The van der Waals surface area contributed by atoms with Crippen molar-refractivity contribution in [3.05, 3.63) is 52.3 Å². The number of nitrogens with zero attached hydrogens (tertiary/aromatic N) is 2. The maximum Gasteiger partial charge on any atom is 0.356 e. The number of esters is 1. The number of carbonyl (C=O) groups excluding carboxylic acids is 1. The first-order valence-electron chi connectivity index (χ1n) is 5.47. The van der Waals surface area contributed by atoms with Gasteiger partial charge in [0, 0.05) is 5.02 Å². The number of benzene rings is 1. The van der Waals surface area contributed by atoms with Gasteiger partial charge in [0.15, 0.2) is 0 Å². The molecule has 2 rings (SSSR count). The van der Waals surface area contributed by atoms with Gasteiger partial charge in [-0.3, -0.25) is 4.68 Å². The van der Waals surface area contributed by atoms with Gasteiger partial charge in [-0.05, 0) is 30.7 Å². The van der Waals surface area contributed by atoms with E-state index >= 15 is 0 Å². The number of carbonyl (C=O) groups is 1. The lowest BCUT2D eigenvalue weighted by Gasteiger charge is -2.06. The topological polar surface area (TPSA) is 44.1 Å². The van der Waals surface area contributed by atoms with Gasteiger partial charge < -0.3 is 4.74 Å². The zero-order valence-corrected chi connectivity index (χ0v) is 10.9. The van der Waals surface area contributed by atoms with Crippen LogP contribution in [0.15, 0.2) is 30.3 Å². The molecule has 0 atom stereocenters. The fourth-order valence-corrected chi connectivity index (χ4v) is 1.82. The van der Waals surface area contributed by atoms with Gasteiger partial charge in [0.05, 0.1) is 19.3 Å². The van der Waals surface area contributed by atoms with Gasteiger partial charge >= 0.3 is 5.97 Å². The van der Waals surface area contributed by atoms with Crippen molar-refractivity contribution in [3.8, 4) is 0 Å². The fraction of sp³-hybridized carbons (Fsp3) is 0.231. The van der Waals surface area contributed by atoms with E-state index in [1.165, 1.54) is 7.11 Å². The van der Waals surface area contributed by atoms with E-state index < -0.39 is 0 Å². The van der Waals surface area contributed by atoms with Crippen LogP contribution in [0.3, 0.4) is 0 Å². The molecule has 1 heterocycles. The smallest absolute Gasteiger partial charge is 0.356 e. The first-order valence-corrected chi connectivity index (χ1v) is 5.85. The molecule has 0 saturated carbocycles. The second-order valence-corrected chi connectivity index (χ2v) is 4.38. The molecule has 1 aromatic carbocycles. The largest absolute Gasteiger partial charge is 0.464 e. The minimum absolute atomic E-state index is 0.385. The molecule has 0 bridgehead atoms. The first-order chi connectivity index (χ1) is 8.60. The lowest BCUT2D eigenvalue weighted by molar-refractivity contribution is 0.0587. The van der Waals surface area contributed by atoms with Gasteiger partial charge in [-0.1, -0.05) is 23.7 Å². The summed E-state index contributed by atoms with van der Waals surface area (Å²) in [5.74, 6) is -0.385. The number of aromatic nitrogens is 2. The minimum Gasteiger partial charge on any atom is -0.464 e. The zero-order chi connectivity index (χ0) is 13.1. The van der Waals surface area contributed by atoms with Crippen LogP contribution in [-0.2, 0) is 11.3 Å². The van der Waals surface area contributed by atoms with E-state index in [2.05, 4.69) is 5.10 Å². The highest BCUT2D eigenvalue weighted by Crippen LogP contribution is 2.13. The van der Waals surface area contributed by atoms with Crippen molar-refractivity contribution >= 4 is 17.6 Å². The third-order valence-electron chi connectivity index (χ3n) is 2.54. The molecule has 4 nitrogen and oxygen atoms in total. The lowest BCUT2D eigenvalue weighted by atomic mass is 10.2. The number of halogens is 1. The summed E-state index contributed by atoms with van der Waals surface area (Å²) in [5.41, 5.74) is 2.25. The van der Waals surface area contributed by atoms with E-state index in [0.717, 1.165) is 11.3 Å². The van der Waals surface area contributed by atoms with Gasteiger partial charge in [0.25, 0.3) is 0 Å². The van der Waals surface area contributed by atoms with Crippen molar-refractivity contribution in [1.29, 1.82) is 0 Å². The minimum atomic E-state index is -0.385. The quantitative estimate of drug-likeness (QED) is 0.801. The summed E-state index contributed by atoms with van der Waals surface area (Å²) in [4.78, 5) is 11.6. The molecule has 94 valence electrons. The van der Waals surface area contributed by atoms with Crippen molar-refractivity contribution in [1.82, 2.24) is 9.78 Å². The molecule has 0 unspecified atom stereocenters. The Kier molecular flexibility index (Phi) is 3.67. The standard InChI is InChI=1S/C13H13ClN2O2/c1-9-7-12(13(17)18-2)16(15-9)8-10-3-5-11(14)6-4-10/h3-7H,8H2,1-2H3. The molecule has 0 aliphatic rings. The van der Waals surface area contributed by atoms with Crippen LogP contribution in [0, 0.1) is 6.92 Å². The summed E-state index contributed by atoms with van der Waals surface area (Å²) >= 11 is 5.83. The first kappa shape index (κ1) is 12.6. The number of ether oxygens (including phenoxy) is 1. The number of hydrogen-bond donors (Lipinski definition) is 0. The monoisotopic (exact) mass is 264 g/mol. The van der Waals surface area contributed by atoms with Crippen molar-refractivity contribution in [2.24, 2.45) is 0 Å². The van der Waals surface area contributed by atoms with E-state index in [1.807, 2.05) is 31.2 Å². The molecule has 0 radical (unpaired) electrons. The third kappa shape index (κ3) is 2.71. The van der Waals surface area contributed by atoms with Crippen molar-refractivity contribution in [2.75, 3.05) is 7.11 Å². The molecule has 0 fully saturated rings. The Labute approximate surface area is 110 Å².